The maximum atomic E-state index is 12.2. The van der Waals surface area contributed by atoms with E-state index < -0.39 is 0 Å². The zero-order chi connectivity index (χ0) is 17.8. The lowest BCUT2D eigenvalue weighted by molar-refractivity contribution is 0.0963. The Kier molecular flexibility index (Phi) is 5.28. The van der Waals surface area contributed by atoms with Crippen molar-refractivity contribution in [3.63, 3.8) is 0 Å². The summed E-state index contributed by atoms with van der Waals surface area (Å²) in [6.45, 7) is 2.81. The van der Waals surface area contributed by atoms with Crippen LogP contribution in [0, 0.1) is 0 Å². The molecule has 0 unspecified atom stereocenters. The van der Waals surface area contributed by atoms with Crippen LogP contribution in [0.1, 0.15) is 27.2 Å². The summed E-state index contributed by atoms with van der Waals surface area (Å²) < 4.78 is 0. The number of nitrogens with one attached hydrogen (secondary N) is 1. The Morgan fingerprint density at radius 2 is 2.12 bits per heavy atom. The molecule has 0 saturated carbocycles. The van der Waals surface area contributed by atoms with Gasteiger partial charge in [-0.2, -0.15) is 0 Å². The largest absolute Gasteiger partial charge is 0.362 e. The van der Waals surface area contributed by atoms with Crippen molar-refractivity contribution in [3.8, 4) is 0 Å². The van der Waals surface area contributed by atoms with Gasteiger partial charge in [0.1, 0.15) is 5.82 Å². The number of carbonyl (C=O) groups is 1. The molecule has 0 fully saturated rings. The van der Waals surface area contributed by atoms with Crippen molar-refractivity contribution in [2.24, 2.45) is 0 Å². The van der Waals surface area contributed by atoms with Crippen LogP contribution in [0.2, 0.25) is 0 Å². The van der Waals surface area contributed by atoms with E-state index in [1.54, 1.807) is 13.2 Å². The predicted molar refractivity (Wildman–Crippen MR) is 98.9 cm³/mol. The van der Waals surface area contributed by atoms with Crippen molar-refractivity contribution in [3.05, 3.63) is 53.0 Å². The summed E-state index contributed by atoms with van der Waals surface area (Å²) >= 11 is 0. The Bertz CT molecular complexity index is 745. The average Bonchev–Trinajstić information content (AvgIpc) is 2.83. The molecule has 2 aromatic heterocycles. The molecule has 1 amide bonds. The van der Waals surface area contributed by atoms with Crippen molar-refractivity contribution in [1.82, 2.24) is 20.2 Å². The lowest BCUT2D eigenvalue weighted by atomic mass is 10.0. The minimum Gasteiger partial charge on any atom is -0.362 e. The van der Waals surface area contributed by atoms with Gasteiger partial charge in [-0.1, -0.05) is 6.07 Å². The highest BCUT2D eigenvalue weighted by molar-refractivity contribution is 5.99. The van der Waals surface area contributed by atoms with E-state index in [2.05, 4.69) is 21.3 Å². The lowest BCUT2D eigenvalue weighted by Crippen LogP contribution is -2.26. The first-order chi connectivity index (χ1) is 12.1. The number of nitrogens with zero attached hydrogens (tertiary/aromatic N) is 4. The standard InChI is InChI=1S/C19H25N5O/c1-20-19(25)16-11-15-6-9-24(13-14-5-4-8-21-12-14)10-7-17(15)22-18(16)23(2)3/h4-5,8,11-12H,6-7,9-10,13H2,1-3H3,(H,20,25). The molecule has 0 saturated heterocycles. The number of hydrogen-bond donors (Lipinski definition) is 1. The molecule has 0 radical (unpaired) electrons. The van der Waals surface area contributed by atoms with Crippen LogP contribution in [-0.4, -0.2) is 55.0 Å². The molecule has 0 aromatic carbocycles. The molecule has 1 N–H and O–H groups in total. The first-order valence-corrected chi connectivity index (χ1v) is 8.62. The molecule has 6 heteroatoms. The number of anilines is 1. The third-order valence-corrected chi connectivity index (χ3v) is 4.56. The van der Waals surface area contributed by atoms with Crippen LogP contribution in [0.15, 0.2) is 30.6 Å². The maximum absolute atomic E-state index is 12.2. The van der Waals surface area contributed by atoms with Crippen molar-refractivity contribution in [2.75, 3.05) is 39.1 Å². The fraction of sp³-hybridized carbons (Fsp3) is 0.421. The van der Waals surface area contributed by atoms with Gasteiger partial charge in [-0.25, -0.2) is 4.98 Å². The number of aromatic nitrogens is 2. The smallest absolute Gasteiger partial charge is 0.254 e. The van der Waals surface area contributed by atoms with Crippen LogP contribution in [0.5, 0.6) is 0 Å². The second kappa shape index (κ2) is 7.61. The van der Waals surface area contributed by atoms with Crippen LogP contribution in [0.25, 0.3) is 0 Å². The number of carbonyl (C=O) groups excluding carboxylic acids is 1. The number of hydrogen-bond acceptors (Lipinski definition) is 5. The summed E-state index contributed by atoms with van der Waals surface area (Å²) in [4.78, 5) is 25.6. The van der Waals surface area contributed by atoms with Crippen LogP contribution < -0.4 is 10.2 Å². The Hall–Kier alpha value is -2.47. The minimum absolute atomic E-state index is 0.0875. The molecule has 6 nitrogen and oxygen atoms in total. The third kappa shape index (κ3) is 3.96. The Labute approximate surface area is 148 Å². The topological polar surface area (TPSA) is 61.4 Å². The van der Waals surface area contributed by atoms with Gasteiger partial charge in [-0.3, -0.25) is 14.7 Å². The lowest BCUT2D eigenvalue weighted by Gasteiger charge is -2.19. The van der Waals surface area contributed by atoms with Gasteiger partial charge in [-0.15, -0.1) is 0 Å². The molecule has 0 spiro atoms. The molecular formula is C19H25N5O. The van der Waals surface area contributed by atoms with E-state index in [9.17, 15) is 4.79 Å². The summed E-state index contributed by atoms with van der Waals surface area (Å²) in [5.74, 6) is 0.647. The first kappa shape index (κ1) is 17.4. The van der Waals surface area contributed by atoms with E-state index in [0.717, 1.165) is 44.0 Å². The Balaban J connectivity index is 1.82. The number of amides is 1. The predicted octanol–water partition coefficient (Wildman–Crippen LogP) is 1.50. The minimum atomic E-state index is -0.0875. The second-order valence-electron chi connectivity index (χ2n) is 6.58. The number of rotatable bonds is 4. The van der Waals surface area contributed by atoms with E-state index >= 15 is 0 Å². The van der Waals surface area contributed by atoms with Crippen LogP contribution in [0.4, 0.5) is 5.82 Å². The highest BCUT2D eigenvalue weighted by atomic mass is 16.1. The van der Waals surface area contributed by atoms with E-state index in [4.69, 9.17) is 4.98 Å². The van der Waals surface area contributed by atoms with Crippen molar-refractivity contribution < 1.29 is 4.79 Å². The molecule has 3 heterocycles. The van der Waals surface area contributed by atoms with E-state index in [0.29, 0.717) is 5.56 Å². The van der Waals surface area contributed by atoms with Gasteiger partial charge >= 0.3 is 0 Å². The molecule has 1 aliphatic heterocycles. The summed E-state index contributed by atoms with van der Waals surface area (Å²) in [5.41, 5.74) is 4.15. The van der Waals surface area contributed by atoms with Crippen LogP contribution in [-0.2, 0) is 19.4 Å². The highest BCUT2D eigenvalue weighted by Gasteiger charge is 2.21. The van der Waals surface area contributed by atoms with E-state index in [-0.39, 0.29) is 5.91 Å². The van der Waals surface area contributed by atoms with Crippen LogP contribution in [0.3, 0.4) is 0 Å². The normalized spacial score (nSPS) is 14.5. The number of fused-ring (bicyclic) bond motifs is 1. The second-order valence-corrected chi connectivity index (χ2v) is 6.58. The molecule has 0 aliphatic carbocycles. The first-order valence-electron chi connectivity index (χ1n) is 8.62. The summed E-state index contributed by atoms with van der Waals surface area (Å²) in [6, 6.07) is 6.10. The summed E-state index contributed by atoms with van der Waals surface area (Å²) in [6.07, 6.45) is 5.52. The van der Waals surface area contributed by atoms with E-state index in [1.165, 1.54) is 11.1 Å². The monoisotopic (exact) mass is 339 g/mol. The maximum Gasteiger partial charge on any atom is 0.254 e. The molecule has 0 atom stereocenters. The van der Waals surface area contributed by atoms with Gasteiger partial charge in [0.2, 0.25) is 0 Å². The highest BCUT2D eigenvalue weighted by Crippen LogP contribution is 2.23. The third-order valence-electron chi connectivity index (χ3n) is 4.56. The van der Waals surface area contributed by atoms with Crippen molar-refractivity contribution in [1.29, 1.82) is 0 Å². The molecule has 3 rings (SSSR count). The molecule has 1 aliphatic rings. The molecular weight excluding hydrogens is 314 g/mol. The van der Waals surface area contributed by atoms with Crippen molar-refractivity contribution >= 4 is 11.7 Å². The van der Waals surface area contributed by atoms with E-state index in [1.807, 2.05) is 37.3 Å². The Morgan fingerprint density at radius 3 is 2.80 bits per heavy atom. The Morgan fingerprint density at radius 1 is 1.32 bits per heavy atom. The van der Waals surface area contributed by atoms with Crippen LogP contribution >= 0.6 is 0 Å². The van der Waals surface area contributed by atoms with Crippen molar-refractivity contribution in [2.45, 2.75) is 19.4 Å². The quantitative estimate of drug-likeness (QED) is 0.915. The van der Waals surface area contributed by atoms with Gasteiger partial charge in [0.05, 0.1) is 5.56 Å². The van der Waals surface area contributed by atoms with Gasteiger partial charge in [0.15, 0.2) is 0 Å². The fourth-order valence-corrected chi connectivity index (χ4v) is 3.22. The SMILES string of the molecule is CNC(=O)c1cc2c(nc1N(C)C)CCN(Cc1cccnc1)CC2. The van der Waals surface area contributed by atoms with Gasteiger partial charge in [-0.05, 0) is 29.7 Å². The molecule has 132 valence electrons. The number of pyridine rings is 2. The average molecular weight is 339 g/mol. The summed E-state index contributed by atoms with van der Waals surface area (Å²) in [5, 5.41) is 2.72. The van der Waals surface area contributed by atoms with Gasteiger partial charge in [0, 0.05) is 65.3 Å². The fourth-order valence-electron chi connectivity index (χ4n) is 3.22. The summed E-state index contributed by atoms with van der Waals surface area (Å²) in [7, 11) is 5.50. The molecule has 0 bridgehead atoms. The molecule has 2 aromatic rings. The zero-order valence-corrected chi connectivity index (χ0v) is 15.1. The molecule has 25 heavy (non-hydrogen) atoms. The van der Waals surface area contributed by atoms with Gasteiger partial charge < -0.3 is 10.2 Å². The zero-order valence-electron chi connectivity index (χ0n) is 15.1. The van der Waals surface area contributed by atoms with Gasteiger partial charge in [0.25, 0.3) is 5.91 Å².